The van der Waals surface area contributed by atoms with Crippen LogP contribution >= 0.6 is 0 Å². The average Bonchev–Trinajstić information content (AvgIpc) is 2.05. The molecule has 0 rings (SSSR count). The van der Waals surface area contributed by atoms with Gasteiger partial charge in [-0.3, -0.25) is 0 Å². The number of rotatable bonds is 5. The van der Waals surface area contributed by atoms with Crippen LogP contribution in [0.1, 0.15) is 27.2 Å². The SMILES string of the molecule is CCOC(=O)N(CCC(C)C)N=O. The molecule has 0 N–H and O–H groups in total. The Balaban J connectivity index is 3.87. The van der Waals surface area contributed by atoms with Crippen molar-refractivity contribution in [3.63, 3.8) is 0 Å². The minimum absolute atomic E-state index is 0.256. The number of nitroso groups, excluding NO2 is 1. The molecule has 0 aromatic heterocycles. The van der Waals surface area contributed by atoms with Crippen molar-refractivity contribution in [1.29, 1.82) is 0 Å². The maximum Gasteiger partial charge on any atom is 0.432 e. The largest absolute Gasteiger partial charge is 0.448 e. The monoisotopic (exact) mass is 188 g/mol. The molecule has 0 aliphatic heterocycles. The van der Waals surface area contributed by atoms with Gasteiger partial charge in [0.2, 0.25) is 0 Å². The van der Waals surface area contributed by atoms with Gasteiger partial charge in [-0.2, -0.15) is 5.01 Å². The second-order valence-electron chi connectivity index (χ2n) is 3.09. The van der Waals surface area contributed by atoms with Crippen LogP contribution in [0.3, 0.4) is 0 Å². The van der Waals surface area contributed by atoms with Crippen molar-refractivity contribution in [3.8, 4) is 0 Å². The lowest BCUT2D eigenvalue weighted by molar-refractivity contribution is 0.106. The van der Waals surface area contributed by atoms with Crippen molar-refractivity contribution < 1.29 is 9.53 Å². The number of amides is 1. The van der Waals surface area contributed by atoms with Crippen LogP contribution in [0.5, 0.6) is 0 Å². The predicted octanol–water partition coefficient (Wildman–Crippen LogP) is 2.17. The van der Waals surface area contributed by atoms with E-state index in [-0.39, 0.29) is 6.61 Å². The molecular weight excluding hydrogens is 172 g/mol. The first-order valence-corrected chi connectivity index (χ1v) is 4.39. The van der Waals surface area contributed by atoms with Crippen molar-refractivity contribution in [2.24, 2.45) is 11.2 Å². The molecule has 0 atom stereocenters. The van der Waals surface area contributed by atoms with E-state index in [9.17, 15) is 9.70 Å². The highest BCUT2D eigenvalue weighted by atomic mass is 16.6. The molecule has 0 spiro atoms. The molecule has 0 radical (unpaired) electrons. The third-order valence-electron chi connectivity index (χ3n) is 1.50. The first-order chi connectivity index (χ1) is 6.11. The molecule has 76 valence electrons. The summed E-state index contributed by atoms with van der Waals surface area (Å²) in [5, 5.41) is 3.40. The molecule has 0 heterocycles. The van der Waals surface area contributed by atoms with Gasteiger partial charge in [0.15, 0.2) is 0 Å². The van der Waals surface area contributed by atoms with Gasteiger partial charge in [0.05, 0.1) is 18.4 Å². The molecule has 0 unspecified atom stereocenters. The summed E-state index contributed by atoms with van der Waals surface area (Å²) in [7, 11) is 0. The molecule has 0 bridgehead atoms. The average molecular weight is 188 g/mol. The Morgan fingerprint density at radius 1 is 1.54 bits per heavy atom. The van der Waals surface area contributed by atoms with Gasteiger partial charge in [-0.15, -0.1) is 4.91 Å². The van der Waals surface area contributed by atoms with E-state index in [0.717, 1.165) is 11.4 Å². The predicted molar refractivity (Wildman–Crippen MR) is 49.0 cm³/mol. The number of carbonyl (C=O) groups is 1. The van der Waals surface area contributed by atoms with Crippen LogP contribution in [0.25, 0.3) is 0 Å². The van der Waals surface area contributed by atoms with E-state index in [0.29, 0.717) is 12.5 Å². The fourth-order valence-electron chi connectivity index (χ4n) is 0.744. The molecule has 1 amide bonds. The molecule has 0 aliphatic rings. The summed E-state index contributed by atoms with van der Waals surface area (Å²) in [4.78, 5) is 21.2. The number of hydrogen-bond donors (Lipinski definition) is 0. The van der Waals surface area contributed by atoms with Gasteiger partial charge in [0, 0.05) is 0 Å². The lowest BCUT2D eigenvalue weighted by Gasteiger charge is -2.13. The number of hydrogen-bond acceptors (Lipinski definition) is 4. The Bertz CT molecular complexity index is 171. The van der Waals surface area contributed by atoms with Crippen LogP contribution < -0.4 is 0 Å². The highest BCUT2D eigenvalue weighted by Crippen LogP contribution is 2.03. The Kier molecular flexibility index (Phi) is 5.84. The molecule has 5 heteroatoms. The van der Waals surface area contributed by atoms with Crippen LogP contribution in [0.15, 0.2) is 5.29 Å². The first-order valence-electron chi connectivity index (χ1n) is 4.39. The fraction of sp³-hybridized carbons (Fsp3) is 0.875. The van der Waals surface area contributed by atoms with Crippen molar-refractivity contribution in [3.05, 3.63) is 4.91 Å². The molecule has 5 nitrogen and oxygen atoms in total. The maximum absolute atomic E-state index is 11.0. The van der Waals surface area contributed by atoms with Crippen molar-refractivity contribution in [2.45, 2.75) is 27.2 Å². The molecule has 0 aromatic carbocycles. The number of carbonyl (C=O) groups excluding carboxylic acids is 1. The van der Waals surface area contributed by atoms with Gasteiger partial charge in [-0.25, -0.2) is 4.79 Å². The van der Waals surface area contributed by atoms with E-state index >= 15 is 0 Å². The molecule has 0 aliphatic carbocycles. The second-order valence-corrected chi connectivity index (χ2v) is 3.09. The van der Waals surface area contributed by atoms with Gasteiger partial charge in [0.25, 0.3) is 0 Å². The van der Waals surface area contributed by atoms with E-state index in [4.69, 9.17) is 0 Å². The lowest BCUT2D eigenvalue weighted by Crippen LogP contribution is -2.27. The third-order valence-corrected chi connectivity index (χ3v) is 1.50. The van der Waals surface area contributed by atoms with E-state index in [1.54, 1.807) is 6.92 Å². The molecule has 0 aromatic rings. The smallest absolute Gasteiger partial charge is 0.432 e. The Morgan fingerprint density at radius 3 is 2.54 bits per heavy atom. The van der Waals surface area contributed by atoms with E-state index in [2.05, 4.69) is 10.0 Å². The summed E-state index contributed by atoms with van der Waals surface area (Å²) in [6.07, 6.45) is 0.0722. The highest BCUT2D eigenvalue weighted by molar-refractivity contribution is 5.66. The Morgan fingerprint density at radius 2 is 2.15 bits per heavy atom. The second kappa shape index (κ2) is 6.39. The summed E-state index contributed by atoms with van der Waals surface area (Å²) in [6, 6.07) is 0. The summed E-state index contributed by atoms with van der Waals surface area (Å²) >= 11 is 0. The topological polar surface area (TPSA) is 59.0 Å². The summed E-state index contributed by atoms with van der Waals surface area (Å²) in [6.45, 7) is 6.28. The number of nitrogens with zero attached hydrogens (tertiary/aromatic N) is 2. The number of ether oxygens (including phenoxy) is 1. The van der Waals surface area contributed by atoms with Crippen LogP contribution in [-0.2, 0) is 4.74 Å². The van der Waals surface area contributed by atoms with Crippen molar-refractivity contribution in [2.75, 3.05) is 13.2 Å². The van der Waals surface area contributed by atoms with E-state index < -0.39 is 6.09 Å². The van der Waals surface area contributed by atoms with Crippen LogP contribution in [0, 0.1) is 10.8 Å². The fourth-order valence-corrected chi connectivity index (χ4v) is 0.744. The minimum Gasteiger partial charge on any atom is -0.448 e. The van der Waals surface area contributed by atoms with Gasteiger partial charge >= 0.3 is 6.09 Å². The summed E-state index contributed by atoms with van der Waals surface area (Å²) in [5.74, 6) is 0.429. The van der Waals surface area contributed by atoms with Crippen LogP contribution in [0.2, 0.25) is 0 Å². The van der Waals surface area contributed by atoms with Gasteiger partial charge < -0.3 is 4.74 Å². The zero-order valence-corrected chi connectivity index (χ0v) is 8.32. The van der Waals surface area contributed by atoms with Crippen LogP contribution in [0.4, 0.5) is 4.79 Å². The van der Waals surface area contributed by atoms with E-state index in [1.165, 1.54) is 0 Å². The standard InChI is InChI=1S/C8H16N2O3/c1-4-13-8(11)10(9-12)6-5-7(2)3/h7H,4-6H2,1-3H3. The molecule has 0 fully saturated rings. The first kappa shape index (κ1) is 11.9. The normalized spacial score (nSPS) is 9.85. The Hall–Kier alpha value is -1.13. The highest BCUT2D eigenvalue weighted by Gasteiger charge is 2.14. The lowest BCUT2D eigenvalue weighted by atomic mass is 10.1. The maximum atomic E-state index is 11.0. The quantitative estimate of drug-likeness (QED) is 0.490. The zero-order chi connectivity index (χ0) is 10.3. The zero-order valence-electron chi connectivity index (χ0n) is 8.32. The molecule has 0 saturated heterocycles. The summed E-state index contributed by atoms with van der Waals surface area (Å²) in [5.41, 5.74) is 0. The Labute approximate surface area is 78.0 Å². The van der Waals surface area contributed by atoms with Gasteiger partial charge in [0.1, 0.15) is 0 Å². The van der Waals surface area contributed by atoms with Crippen molar-refractivity contribution in [1.82, 2.24) is 5.01 Å². The summed E-state index contributed by atoms with van der Waals surface area (Å²) < 4.78 is 4.62. The molecule has 13 heavy (non-hydrogen) atoms. The molecule has 0 saturated carbocycles. The van der Waals surface area contributed by atoms with Gasteiger partial charge in [-0.05, 0) is 19.3 Å². The molecular formula is C8H16N2O3. The van der Waals surface area contributed by atoms with E-state index in [1.807, 2.05) is 13.8 Å². The van der Waals surface area contributed by atoms with Crippen molar-refractivity contribution >= 4 is 6.09 Å². The van der Waals surface area contributed by atoms with Crippen LogP contribution in [-0.4, -0.2) is 24.3 Å². The van der Waals surface area contributed by atoms with Gasteiger partial charge in [-0.1, -0.05) is 13.8 Å². The minimum atomic E-state index is -0.668. The third kappa shape index (κ3) is 5.16.